The fraction of sp³-hybridized carbons (Fsp3) is 0.500. The van der Waals surface area contributed by atoms with Gasteiger partial charge in [-0.15, -0.1) is 0 Å². The van der Waals surface area contributed by atoms with Gasteiger partial charge in [0, 0.05) is 0 Å². The topological polar surface area (TPSA) is 38.7 Å². The zero-order valence-corrected chi connectivity index (χ0v) is 9.11. The molecule has 0 spiro atoms. The van der Waals surface area contributed by atoms with Crippen molar-refractivity contribution < 1.29 is 14.6 Å². The second-order valence-electron chi connectivity index (χ2n) is 3.38. The van der Waals surface area contributed by atoms with Crippen molar-refractivity contribution in [1.29, 1.82) is 0 Å². The Bertz CT molecular complexity index is 273. The van der Waals surface area contributed by atoms with Gasteiger partial charge < -0.3 is 14.6 Å². The van der Waals surface area contributed by atoms with Gasteiger partial charge >= 0.3 is 0 Å². The Balaban J connectivity index is 2.10. The molecular weight excluding hydrogens is 192 g/mol. The van der Waals surface area contributed by atoms with Gasteiger partial charge in [0.25, 0.3) is 0 Å². The summed E-state index contributed by atoms with van der Waals surface area (Å²) < 4.78 is 10.5. The molecule has 3 nitrogen and oxygen atoms in total. The zero-order valence-electron chi connectivity index (χ0n) is 9.11. The minimum atomic E-state index is 0.0673. The lowest BCUT2D eigenvalue weighted by molar-refractivity contribution is 0.0274. The van der Waals surface area contributed by atoms with E-state index in [1.165, 1.54) is 11.1 Å². The second kappa shape index (κ2) is 7.40. The van der Waals surface area contributed by atoms with Crippen molar-refractivity contribution in [2.24, 2.45) is 0 Å². The van der Waals surface area contributed by atoms with Crippen LogP contribution in [0.4, 0.5) is 0 Å². The maximum atomic E-state index is 8.47. The molecular formula is C12H18O3. The number of rotatable bonds is 7. The monoisotopic (exact) mass is 210 g/mol. The van der Waals surface area contributed by atoms with Crippen LogP contribution in [0.5, 0.6) is 0 Å². The molecule has 0 aromatic heterocycles. The molecule has 0 bridgehead atoms. The maximum absolute atomic E-state index is 8.47. The Morgan fingerprint density at radius 3 is 2.67 bits per heavy atom. The van der Waals surface area contributed by atoms with Gasteiger partial charge in [0.15, 0.2) is 0 Å². The van der Waals surface area contributed by atoms with Gasteiger partial charge in [-0.25, -0.2) is 0 Å². The van der Waals surface area contributed by atoms with Gasteiger partial charge in [-0.05, 0) is 12.5 Å². The van der Waals surface area contributed by atoms with E-state index in [1.807, 2.05) is 12.1 Å². The molecule has 1 aromatic carbocycles. The van der Waals surface area contributed by atoms with Crippen LogP contribution in [0, 0.1) is 6.92 Å². The number of ether oxygens (including phenoxy) is 2. The highest BCUT2D eigenvalue weighted by Gasteiger charge is 1.93. The molecule has 0 radical (unpaired) electrons. The predicted octanol–water partition coefficient (Wildman–Crippen LogP) is 1.52. The Hall–Kier alpha value is -0.900. The number of hydrogen-bond acceptors (Lipinski definition) is 3. The van der Waals surface area contributed by atoms with Crippen LogP contribution in [0.3, 0.4) is 0 Å². The smallest absolute Gasteiger partial charge is 0.0718 e. The molecule has 0 aliphatic carbocycles. The van der Waals surface area contributed by atoms with Crippen LogP contribution in [0.15, 0.2) is 24.3 Å². The van der Waals surface area contributed by atoms with E-state index in [2.05, 4.69) is 19.1 Å². The molecule has 0 saturated carbocycles. The van der Waals surface area contributed by atoms with E-state index in [-0.39, 0.29) is 6.61 Å². The predicted molar refractivity (Wildman–Crippen MR) is 58.7 cm³/mol. The number of aliphatic hydroxyl groups is 1. The van der Waals surface area contributed by atoms with Crippen molar-refractivity contribution in [1.82, 2.24) is 0 Å². The van der Waals surface area contributed by atoms with E-state index < -0.39 is 0 Å². The Morgan fingerprint density at radius 2 is 1.93 bits per heavy atom. The van der Waals surface area contributed by atoms with Crippen LogP contribution in [0.1, 0.15) is 11.1 Å². The molecule has 0 fully saturated rings. The Labute approximate surface area is 90.6 Å². The van der Waals surface area contributed by atoms with Crippen LogP contribution < -0.4 is 0 Å². The highest BCUT2D eigenvalue weighted by Crippen LogP contribution is 2.04. The Morgan fingerprint density at radius 1 is 1.13 bits per heavy atom. The SMILES string of the molecule is Cc1cccc(COCCOCCO)c1. The third-order valence-electron chi connectivity index (χ3n) is 1.96. The van der Waals surface area contributed by atoms with Crippen LogP contribution in [-0.2, 0) is 16.1 Å². The third kappa shape index (κ3) is 5.52. The fourth-order valence-corrected chi connectivity index (χ4v) is 1.28. The summed E-state index contributed by atoms with van der Waals surface area (Å²) in [6.45, 7) is 4.23. The number of hydrogen-bond donors (Lipinski definition) is 1. The number of benzene rings is 1. The van der Waals surface area contributed by atoms with Gasteiger partial charge in [-0.3, -0.25) is 0 Å². The van der Waals surface area contributed by atoms with Crippen LogP contribution in [0.25, 0.3) is 0 Å². The van der Waals surface area contributed by atoms with Crippen molar-refractivity contribution in [3.8, 4) is 0 Å². The van der Waals surface area contributed by atoms with E-state index in [4.69, 9.17) is 14.6 Å². The molecule has 0 aliphatic heterocycles. The lowest BCUT2D eigenvalue weighted by atomic mass is 10.1. The molecule has 1 N–H and O–H groups in total. The van der Waals surface area contributed by atoms with Gasteiger partial charge in [0.1, 0.15) is 0 Å². The molecule has 3 heteroatoms. The van der Waals surface area contributed by atoms with Crippen molar-refractivity contribution in [3.63, 3.8) is 0 Å². The average Bonchev–Trinajstić information content (AvgIpc) is 2.23. The summed E-state index contributed by atoms with van der Waals surface area (Å²) in [6.07, 6.45) is 0. The molecule has 0 aliphatic rings. The van der Waals surface area contributed by atoms with Gasteiger partial charge in [0.2, 0.25) is 0 Å². The van der Waals surface area contributed by atoms with Crippen molar-refractivity contribution >= 4 is 0 Å². The highest BCUT2D eigenvalue weighted by atomic mass is 16.5. The lowest BCUT2D eigenvalue weighted by Gasteiger charge is -2.05. The molecule has 0 amide bonds. The third-order valence-corrected chi connectivity index (χ3v) is 1.96. The van der Waals surface area contributed by atoms with E-state index in [0.717, 1.165) is 0 Å². The van der Waals surface area contributed by atoms with Crippen molar-refractivity contribution in [2.75, 3.05) is 26.4 Å². The highest BCUT2D eigenvalue weighted by molar-refractivity contribution is 5.21. The summed E-state index contributed by atoms with van der Waals surface area (Å²) >= 11 is 0. The first-order chi connectivity index (χ1) is 7.33. The summed E-state index contributed by atoms with van der Waals surface area (Å²) in [5.74, 6) is 0. The maximum Gasteiger partial charge on any atom is 0.0718 e. The minimum absolute atomic E-state index is 0.0673. The van der Waals surface area contributed by atoms with E-state index in [1.54, 1.807) is 0 Å². The Kier molecular flexibility index (Phi) is 6.00. The lowest BCUT2D eigenvalue weighted by Crippen LogP contribution is -2.07. The van der Waals surface area contributed by atoms with Crippen LogP contribution in [-0.4, -0.2) is 31.5 Å². The molecule has 1 rings (SSSR count). The molecule has 15 heavy (non-hydrogen) atoms. The largest absolute Gasteiger partial charge is 0.394 e. The zero-order chi connectivity index (χ0) is 10.9. The number of aryl methyl sites for hydroxylation is 1. The fourth-order valence-electron chi connectivity index (χ4n) is 1.28. The average molecular weight is 210 g/mol. The van der Waals surface area contributed by atoms with Crippen LogP contribution in [0.2, 0.25) is 0 Å². The van der Waals surface area contributed by atoms with E-state index in [0.29, 0.717) is 26.4 Å². The summed E-state index contributed by atoms with van der Waals surface area (Å²) in [4.78, 5) is 0. The molecule has 0 heterocycles. The van der Waals surface area contributed by atoms with Gasteiger partial charge in [-0.2, -0.15) is 0 Å². The van der Waals surface area contributed by atoms with Crippen molar-refractivity contribution in [2.45, 2.75) is 13.5 Å². The molecule has 0 unspecified atom stereocenters. The molecule has 0 saturated heterocycles. The first kappa shape index (κ1) is 12.2. The number of aliphatic hydroxyl groups excluding tert-OH is 1. The normalized spacial score (nSPS) is 10.5. The second-order valence-corrected chi connectivity index (χ2v) is 3.38. The van der Waals surface area contributed by atoms with Crippen molar-refractivity contribution in [3.05, 3.63) is 35.4 Å². The first-order valence-electron chi connectivity index (χ1n) is 5.15. The first-order valence-corrected chi connectivity index (χ1v) is 5.15. The summed E-state index contributed by atoms with van der Waals surface area (Å²) in [7, 11) is 0. The molecule has 84 valence electrons. The van der Waals surface area contributed by atoms with Gasteiger partial charge in [0.05, 0.1) is 33.0 Å². The summed E-state index contributed by atoms with van der Waals surface area (Å²) in [6, 6.07) is 8.24. The minimum Gasteiger partial charge on any atom is -0.394 e. The standard InChI is InChI=1S/C12H18O3/c1-11-3-2-4-12(9-11)10-15-8-7-14-6-5-13/h2-4,9,13H,5-8,10H2,1H3. The quantitative estimate of drug-likeness (QED) is 0.693. The van der Waals surface area contributed by atoms with E-state index >= 15 is 0 Å². The molecule has 1 aromatic rings. The molecule has 0 atom stereocenters. The van der Waals surface area contributed by atoms with Crippen LogP contribution >= 0.6 is 0 Å². The summed E-state index contributed by atoms with van der Waals surface area (Å²) in [5.41, 5.74) is 2.42. The van der Waals surface area contributed by atoms with Gasteiger partial charge in [-0.1, -0.05) is 29.8 Å². The van der Waals surface area contributed by atoms with E-state index in [9.17, 15) is 0 Å². The summed E-state index contributed by atoms with van der Waals surface area (Å²) in [5, 5.41) is 8.47.